The maximum absolute atomic E-state index is 11.3. The van der Waals surface area contributed by atoms with Gasteiger partial charge in [0.15, 0.2) is 0 Å². The molecule has 0 aromatic carbocycles. The monoisotopic (exact) mass is 254 g/mol. The van der Waals surface area contributed by atoms with Crippen LogP contribution in [0.5, 0.6) is 0 Å². The molecule has 0 N–H and O–H groups in total. The minimum absolute atomic E-state index is 0.121. The molecule has 0 radical (unpaired) electrons. The van der Waals surface area contributed by atoms with Crippen LogP contribution in [-0.4, -0.2) is 54.3 Å². The van der Waals surface area contributed by atoms with Crippen molar-refractivity contribution in [3.05, 3.63) is 0 Å². The third-order valence-electron chi connectivity index (χ3n) is 4.52. The van der Waals surface area contributed by atoms with Gasteiger partial charge < -0.3 is 4.79 Å². The Kier molecular flexibility index (Phi) is 5.35. The fraction of sp³-hybridized carbons (Fsp3) is 0.933. The van der Waals surface area contributed by atoms with Gasteiger partial charge in [-0.1, -0.05) is 13.8 Å². The molecule has 1 saturated heterocycles. The molecule has 3 heteroatoms. The Labute approximate surface area is 113 Å². The first-order valence-electron chi connectivity index (χ1n) is 7.30. The second kappa shape index (κ2) is 6.16. The third-order valence-corrected chi connectivity index (χ3v) is 4.52. The summed E-state index contributed by atoms with van der Waals surface area (Å²) in [6.45, 7) is 16.4. The molecule has 0 amide bonds. The van der Waals surface area contributed by atoms with Gasteiger partial charge >= 0.3 is 0 Å². The van der Waals surface area contributed by atoms with E-state index in [-0.39, 0.29) is 11.0 Å². The van der Waals surface area contributed by atoms with Crippen LogP contribution in [0.25, 0.3) is 0 Å². The molecule has 3 nitrogen and oxygen atoms in total. The van der Waals surface area contributed by atoms with Crippen LogP contribution in [0.4, 0.5) is 0 Å². The van der Waals surface area contributed by atoms with E-state index in [0.29, 0.717) is 0 Å². The van der Waals surface area contributed by atoms with Gasteiger partial charge in [0.05, 0.1) is 0 Å². The van der Waals surface area contributed by atoms with Gasteiger partial charge in [-0.05, 0) is 33.6 Å². The average Bonchev–Trinajstić information content (AvgIpc) is 2.36. The first kappa shape index (κ1) is 15.6. The number of carbonyl (C=O) groups is 1. The molecule has 0 aromatic rings. The molecule has 1 fully saturated rings. The number of rotatable bonds is 5. The smallest absolute Gasteiger partial charge is 0.127 e. The normalized spacial score (nSPS) is 20.1. The van der Waals surface area contributed by atoms with Crippen molar-refractivity contribution in [1.29, 1.82) is 0 Å². The number of hydrogen-bond acceptors (Lipinski definition) is 3. The Bertz CT molecular complexity index is 258. The fourth-order valence-electron chi connectivity index (χ4n) is 2.70. The molecule has 0 unspecified atom stereocenters. The largest absolute Gasteiger partial charge is 0.303 e. The second-order valence-electron chi connectivity index (χ2n) is 6.62. The van der Waals surface area contributed by atoms with Crippen molar-refractivity contribution < 1.29 is 4.79 Å². The molecule has 1 aliphatic heterocycles. The zero-order valence-electron chi connectivity index (χ0n) is 12.8. The highest BCUT2D eigenvalue weighted by Gasteiger charge is 2.31. The summed E-state index contributed by atoms with van der Waals surface area (Å²) in [4.78, 5) is 16.3. The van der Waals surface area contributed by atoms with Gasteiger partial charge in [-0.15, -0.1) is 0 Å². The highest BCUT2D eigenvalue weighted by atomic mass is 16.1. The van der Waals surface area contributed by atoms with Crippen molar-refractivity contribution in [2.45, 2.75) is 53.0 Å². The molecular formula is C15H30N2O. The third kappa shape index (κ3) is 3.79. The van der Waals surface area contributed by atoms with E-state index in [1.54, 1.807) is 0 Å². The molecule has 18 heavy (non-hydrogen) atoms. The van der Waals surface area contributed by atoms with Crippen molar-refractivity contribution in [2.75, 3.05) is 32.7 Å². The summed E-state index contributed by atoms with van der Waals surface area (Å²) < 4.78 is 0. The van der Waals surface area contributed by atoms with Crippen LogP contribution in [-0.2, 0) is 4.79 Å². The lowest BCUT2D eigenvalue weighted by molar-refractivity contribution is -0.118. The van der Waals surface area contributed by atoms with Crippen LogP contribution in [0.3, 0.4) is 0 Å². The molecular weight excluding hydrogens is 224 g/mol. The molecule has 106 valence electrons. The van der Waals surface area contributed by atoms with E-state index < -0.39 is 0 Å². The summed E-state index contributed by atoms with van der Waals surface area (Å²) in [5.41, 5.74) is 0.146. The molecule has 0 atom stereocenters. The van der Waals surface area contributed by atoms with Gasteiger partial charge in [0.1, 0.15) is 6.29 Å². The van der Waals surface area contributed by atoms with E-state index in [4.69, 9.17) is 0 Å². The average molecular weight is 254 g/mol. The fourth-order valence-corrected chi connectivity index (χ4v) is 2.70. The van der Waals surface area contributed by atoms with Gasteiger partial charge in [0.2, 0.25) is 0 Å². The summed E-state index contributed by atoms with van der Waals surface area (Å²) in [6.07, 6.45) is 3.09. The number of aldehydes is 1. The number of carbonyl (C=O) groups excluding carboxylic acids is 1. The molecule has 1 rings (SSSR count). The Morgan fingerprint density at radius 1 is 1.00 bits per heavy atom. The lowest BCUT2D eigenvalue weighted by atomic mass is 9.83. The molecule has 0 spiro atoms. The summed E-state index contributed by atoms with van der Waals surface area (Å²) >= 11 is 0. The van der Waals surface area contributed by atoms with Gasteiger partial charge in [-0.3, -0.25) is 9.80 Å². The van der Waals surface area contributed by atoms with Gasteiger partial charge in [-0.25, -0.2) is 0 Å². The Balaban J connectivity index is 2.51. The highest BCUT2D eigenvalue weighted by Crippen LogP contribution is 2.26. The lowest BCUT2D eigenvalue weighted by Crippen LogP contribution is -2.55. The first-order valence-corrected chi connectivity index (χ1v) is 7.30. The summed E-state index contributed by atoms with van der Waals surface area (Å²) in [5.74, 6) is 0. The molecule has 0 bridgehead atoms. The van der Waals surface area contributed by atoms with E-state index in [1.165, 1.54) is 6.29 Å². The first-order chi connectivity index (χ1) is 8.37. The standard InChI is InChI=1S/C15H30N2O/c1-6-15(7-2,13-18)12-16-8-10-17(11-9-16)14(3,4)5/h13H,6-12H2,1-5H3. The van der Waals surface area contributed by atoms with Gasteiger partial charge in [0.25, 0.3) is 0 Å². The predicted molar refractivity (Wildman–Crippen MR) is 76.8 cm³/mol. The highest BCUT2D eigenvalue weighted by molar-refractivity contribution is 5.59. The van der Waals surface area contributed by atoms with E-state index >= 15 is 0 Å². The van der Waals surface area contributed by atoms with Crippen molar-refractivity contribution in [2.24, 2.45) is 5.41 Å². The van der Waals surface area contributed by atoms with Crippen LogP contribution in [0.15, 0.2) is 0 Å². The summed E-state index contributed by atoms with van der Waals surface area (Å²) in [5, 5.41) is 0. The molecule has 0 aromatic heterocycles. The molecule has 0 saturated carbocycles. The van der Waals surface area contributed by atoms with Crippen LogP contribution >= 0.6 is 0 Å². The zero-order valence-corrected chi connectivity index (χ0v) is 12.8. The summed E-state index contributed by atoms with van der Waals surface area (Å²) in [6, 6.07) is 0. The van der Waals surface area contributed by atoms with E-state index in [2.05, 4.69) is 44.4 Å². The van der Waals surface area contributed by atoms with Crippen molar-refractivity contribution in [3.8, 4) is 0 Å². The maximum Gasteiger partial charge on any atom is 0.127 e. The minimum atomic E-state index is -0.121. The predicted octanol–water partition coefficient (Wildman–Crippen LogP) is 2.41. The minimum Gasteiger partial charge on any atom is -0.303 e. The van der Waals surface area contributed by atoms with Gasteiger partial charge in [0, 0.05) is 43.7 Å². The van der Waals surface area contributed by atoms with Crippen LogP contribution in [0.2, 0.25) is 0 Å². The number of nitrogens with zero attached hydrogens (tertiary/aromatic N) is 2. The Morgan fingerprint density at radius 2 is 1.50 bits per heavy atom. The lowest BCUT2D eigenvalue weighted by Gasteiger charge is -2.44. The zero-order chi connectivity index (χ0) is 13.8. The quantitative estimate of drug-likeness (QED) is 0.704. The summed E-state index contributed by atoms with van der Waals surface area (Å²) in [7, 11) is 0. The molecule has 0 aliphatic carbocycles. The Morgan fingerprint density at radius 3 is 1.83 bits per heavy atom. The molecule has 1 aliphatic rings. The van der Waals surface area contributed by atoms with Crippen molar-refractivity contribution >= 4 is 6.29 Å². The van der Waals surface area contributed by atoms with Crippen molar-refractivity contribution in [3.63, 3.8) is 0 Å². The topological polar surface area (TPSA) is 23.6 Å². The van der Waals surface area contributed by atoms with Crippen LogP contribution in [0, 0.1) is 5.41 Å². The SMILES string of the molecule is CCC(C=O)(CC)CN1CCN(C(C)(C)C)CC1. The second-order valence-corrected chi connectivity index (χ2v) is 6.62. The van der Waals surface area contributed by atoms with E-state index in [1.807, 2.05) is 0 Å². The number of hydrogen-bond donors (Lipinski definition) is 0. The van der Waals surface area contributed by atoms with Crippen molar-refractivity contribution in [1.82, 2.24) is 9.80 Å². The Hall–Kier alpha value is -0.410. The van der Waals surface area contributed by atoms with Crippen LogP contribution in [0.1, 0.15) is 47.5 Å². The number of piperazine rings is 1. The van der Waals surface area contributed by atoms with E-state index in [9.17, 15) is 4.79 Å². The van der Waals surface area contributed by atoms with E-state index in [0.717, 1.165) is 45.6 Å². The van der Waals surface area contributed by atoms with Crippen LogP contribution < -0.4 is 0 Å². The molecule has 1 heterocycles. The maximum atomic E-state index is 11.3. The van der Waals surface area contributed by atoms with Gasteiger partial charge in [-0.2, -0.15) is 0 Å².